The molecule has 2 atom stereocenters. The number of carbonyl (C=O) groups excluding carboxylic acids is 1. The number of hydrogen-bond acceptors (Lipinski definition) is 3. The van der Waals surface area contributed by atoms with Gasteiger partial charge in [0.25, 0.3) is 0 Å². The number of aliphatic hydroxyl groups is 1. The molecule has 1 saturated carbocycles. The van der Waals surface area contributed by atoms with Gasteiger partial charge in [0.2, 0.25) is 5.91 Å². The van der Waals surface area contributed by atoms with Crippen LogP contribution in [0.25, 0.3) is 0 Å². The van der Waals surface area contributed by atoms with E-state index in [0.717, 1.165) is 30.6 Å². The number of aryl methyl sites for hydroxylation is 1. The normalized spacial score (nSPS) is 21.2. The van der Waals surface area contributed by atoms with E-state index in [2.05, 4.69) is 5.32 Å². The molecule has 0 saturated heterocycles. The van der Waals surface area contributed by atoms with Gasteiger partial charge in [0.1, 0.15) is 5.75 Å². The molecule has 0 spiro atoms. The number of carbonyl (C=O) groups is 1. The molecule has 0 bridgehead atoms. The second-order valence-corrected chi connectivity index (χ2v) is 5.85. The van der Waals surface area contributed by atoms with Crippen molar-refractivity contribution in [1.29, 1.82) is 0 Å². The van der Waals surface area contributed by atoms with E-state index in [1.54, 1.807) is 0 Å². The van der Waals surface area contributed by atoms with Crippen LogP contribution in [0.1, 0.15) is 37.7 Å². The fraction of sp³-hybridized carbons (Fsp3) is 0.588. The van der Waals surface area contributed by atoms with Gasteiger partial charge in [-0.3, -0.25) is 4.79 Å². The minimum atomic E-state index is -0.172. The molecule has 0 heterocycles. The monoisotopic (exact) mass is 291 g/mol. The predicted octanol–water partition coefficient (Wildman–Crippen LogP) is 2.43. The third kappa shape index (κ3) is 5.38. The molecule has 0 aromatic heterocycles. The van der Waals surface area contributed by atoms with Crippen molar-refractivity contribution in [2.45, 2.75) is 45.1 Å². The molecule has 116 valence electrons. The lowest BCUT2D eigenvalue weighted by Gasteiger charge is -2.11. The first-order valence-corrected chi connectivity index (χ1v) is 7.78. The van der Waals surface area contributed by atoms with Crippen LogP contribution in [0, 0.1) is 12.8 Å². The van der Waals surface area contributed by atoms with Crippen molar-refractivity contribution in [2.24, 2.45) is 5.92 Å². The van der Waals surface area contributed by atoms with Crippen molar-refractivity contribution >= 4 is 5.91 Å². The van der Waals surface area contributed by atoms with Gasteiger partial charge in [-0.05, 0) is 50.2 Å². The molecule has 1 aliphatic carbocycles. The number of para-hydroxylation sites is 1. The number of amides is 1. The largest absolute Gasteiger partial charge is 0.493 e. The zero-order chi connectivity index (χ0) is 15.1. The van der Waals surface area contributed by atoms with Crippen LogP contribution in [0.15, 0.2) is 24.3 Å². The molecule has 4 heteroatoms. The van der Waals surface area contributed by atoms with Gasteiger partial charge in [0, 0.05) is 13.0 Å². The van der Waals surface area contributed by atoms with Crippen LogP contribution in [0.2, 0.25) is 0 Å². The first-order chi connectivity index (χ1) is 10.1. The van der Waals surface area contributed by atoms with Gasteiger partial charge in [0.05, 0.1) is 12.7 Å². The molecule has 0 radical (unpaired) electrons. The van der Waals surface area contributed by atoms with Crippen LogP contribution in [0.3, 0.4) is 0 Å². The summed E-state index contributed by atoms with van der Waals surface area (Å²) in [5.41, 5.74) is 1.11. The van der Waals surface area contributed by atoms with E-state index in [1.165, 1.54) is 0 Å². The van der Waals surface area contributed by atoms with E-state index >= 15 is 0 Å². The molecule has 1 fully saturated rings. The second kappa shape index (κ2) is 8.03. The molecule has 1 aromatic carbocycles. The van der Waals surface area contributed by atoms with Gasteiger partial charge in [-0.15, -0.1) is 0 Å². The fourth-order valence-corrected chi connectivity index (χ4v) is 2.71. The molecule has 2 N–H and O–H groups in total. The van der Waals surface area contributed by atoms with Gasteiger partial charge in [0.15, 0.2) is 0 Å². The van der Waals surface area contributed by atoms with Crippen molar-refractivity contribution < 1.29 is 14.6 Å². The van der Waals surface area contributed by atoms with Crippen molar-refractivity contribution in [3.63, 3.8) is 0 Å². The summed E-state index contributed by atoms with van der Waals surface area (Å²) in [7, 11) is 0. The Kier molecular flexibility index (Phi) is 6.05. The highest BCUT2D eigenvalue weighted by Crippen LogP contribution is 2.24. The Hall–Kier alpha value is -1.55. The highest BCUT2D eigenvalue weighted by Gasteiger charge is 2.22. The van der Waals surface area contributed by atoms with E-state index in [4.69, 9.17) is 4.74 Å². The van der Waals surface area contributed by atoms with Crippen LogP contribution in [-0.2, 0) is 4.79 Å². The number of aliphatic hydroxyl groups excluding tert-OH is 1. The lowest BCUT2D eigenvalue weighted by atomic mass is 10.1. The fourth-order valence-electron chi connectivity index (χ4n) is 2.71. The minimum absolute atomic E-state index is 0.0739. The first-order valence-electron chi connectivity index (χ1n) is 7.78. The lowest BCUT2D eigenvalue weighted by molar-refractivity contribution is -0.121. The number of benzene rings is 1. The Morgan fingerprint density at radius 3 is 2.90 bits per heavy atom. The summed E-state index contributed by atoms with van der Waals surface area (Å²) in [6, 6.07) is 7.89. The van der Waals surface area contributed by atoms with Gasteiger partial charge in [-0.25, -0.2) is 0 Å². The highest BCUT2D eigenvalue weighted by atomic mass is 16.5. The summed E-state index contributed by atoms with van der Waals surface area (Å²) in [5.74, 6) is 1.40. The van der Waals surface area contributed by atoms with Crippen molar-refractivity contribution in [3.05, 3.63) is 29.8 Å². The van der Waals surface area contributed by atoms with E-state index in [-0.39, 0.29) is 12.0 Å². The zero-order valence-corrected chi connectivity index (χ0v) is 12.7. The topological polar surface area (TPSA) is 58.6 Å². The maximum atomic E-state index is 11.7. The summed E-state index contributed by atoms with van der Waals surface area (Å²) >= 11 is 0. The van der Waals surface area contributed by atoms with E-state index in [1.807, 2.05) is 31.2 Å². The SMILES string of the molecule is Cc1ccccc1OCCCC(=O)NCC1CCC(O)C1. The van der Waals surface area contributed by atoms with Gasteiger partial charge < -0.3 is 15.2 Å². The second-order valence-electron chi connectivity index (χ2n) is 5.85. The van der Waals surface area contributed by atoms with E-state index < -0.39 is 0 Å². The third-order valence-corrected chi connectivity index (χ3v) is 4.00. The maximum Gasteiger partial charge on any atom is 0.220 e. The molecular weight excluding hydrogens is 266 g/mol. The van der Waals surface area contributed by atoms with E-state index in [9.17, 15) is 9.90 Å². The standard InChI is InChI=1S/C17H25NO3/c1-13-5-2-3-6-16(13)21-10-4-7-17(20)18-12-14-8-9-15(19)11-14/h2-3,5-6,14-15,19H,4,7-12H2,1H3,(H,18,20). The van der Waals surface area contributed by atoms with Crippen LogP contribution in [0.4, 0.5) is 0 Å². The maximum absolute atomic E-state index is 11.7. The smallest absolute Gasteiger partial charge is 0.220 e. The number of hydrogen-bond donors (Lipinski definition) is 2. The Labute approximate surface area is 126 Å². The van der Waals surface area contributed by atoms with Crippen molar-refractivity contribution in [1.82, 2.24) is 5.32 Å². The zero-order valence-electron chi connectivity index (χ0n) is 12.7. The van der Waals surface area contributed by atoms with Gasteiger partial charge >= 0.3 is 0 Å². The molecule has 2 unspecified atom stereocenters. The quantitative estimate of drug-likeness (QED) is 0.759. The van der Waals surface area contributed by atoms with Crippen LogP contribution in [0.5, 0.6) is 5.75 Å². The number of rotatable bonds is 7. The van der Waals surface area contributed by atoms with Crippen LogP contribution < -0.4 is 10.1 Å². The average molecular weight is 291 g/mol. The number of nitrogens with one attached hydrogen (secondary N) is 1. The Morgan fingerprint density at radius 1 is 1.38 bits per heavy atom. The molecule has 0 aliphatic heterocycles. The lowest BCUT2D eigenvalue weighted by Crippen LogP contribution is -2.28. The average Bonchev–Trinajstić information content (AvgIpc) is 2.89. The Balaban J connectivity index is 1.56. The predicted molar refractivity (Wildman–Crippen MR) is 82.3 cm³/mol. The molecular formula is C17H25NO3. The summed E-state index contributed by atoms with van der Waals surface area (Å²) in [5, 5.41) is 12.4. The molecule has 1 aliphatic rings. The minimum Gasteiger partial charge on any atom is -0.493 e. The Morgan fingerprint density at radius 2 is 2.19 bits per heavy atom. The summed E-state index contributed by atoms with van der Waals surface area (Å²) < 4.78 is 5.67. The summed E-state index contributed by atoms with van der Waals surface area (Å²) in [6.45, 7) is 3.26. The molecule has 21 heavy (non-hydrogen) atoms. The molecule has 1 amide bonds. The van der Waals surface area contributed by atoms with Crippen LogP contribution in [-0.4, -0.2) is 30.3 Å². The molecule has 2 rings (SSSR count). The Bertz CT molecular complexity index is 461. The van der Waals surface area contributed by atoms with Gasteiger partial charge in [-0.1, -0.05) is 18.2 Å². The molecule has 1 aromatic rings. The van der Waals surface area contributed by atoms with Crippen molar-refractivity contribution in [2.75, 3.05) is 13.2 Å². The van der Waals surface area contributed by atoms with Crippen LogP contribution >= 0.6 is 0 Å². The number of ether oxygens (including phenoxy) is 1. The third-order valence-electron chi connectivity index (χ3n) is 4.00. The van der Waals surface area contributed by atoms with Gasteiger partial charge in [-0.2, -0.15) is 0 Å². The highest BCUT2D eigenvalue weighted by molar-refractivity contribution is 5.75. The van der Waals surface area contributed by atoms with Crippen molar-refractivity contribution in [3.8, 4) is 5.75 Å². The summed E-state index contributed by atoms with van der Waals surface area (Å²) in [4.78, 5) is 11.7. The summed E-state index contributed by atoms with van der Waals surface area (Å²) in [6.07, 6.45) is 3.72. The van der Waals surface area contributed by atoms with E-state index in [0.29, 0.717) is 31.9 Å². The first kappa shape index (κ1) is 15.8. The molecule has 4 nitrogen and oxygen atoms in total.